The van der Waals surface area contributed by atoms with Crippen LogP contribution in [-0.4, -0.2) is 30.4 Å². The van der Waals surface area contributed by atoms with Crippen LogP contribution in [-0.2, 0) is 11.3 Å². The molecule has 0 saturated heterocycles. The quantitative estimate of drug-likeness (QED) is 0.748. The van der Waals surface area contributed by atoms with E-state index in [1.54, 1.807) is 18.2 Å². The summed E-state index contributed by atoms with van der Waals surface area (Å²) in [5.74, 6) is -0.103. The van der Waals surface area contributed by atoms with Gasteiger partial charge in [0.25, 0.3) is 0 Å². The normalized spacial score (nSPS) is 10.8. The van der Waals surface area contributed by atoms with Crippen molar-refractivity contribution in [2.45, 2.75) is 13.0 Å². The minimum atomic E-state index is -0.103. The van der Waals surface area contributed by atoms with Crippen LogP contribution in [0.5, 0.6) is 0 Å². The van der Waals surface area contributed by atoms with Gasteiger partial charge in [0.15, 0.2) is 0 Å². The maximum atomic E-state index is 12.2. The van der Waals surface area contributed by atoms with Crippen LogP contribution >= 0.6 is 23.2 Å². The molecule has 4 nitrogen and oxygen atoms in total. The Labute approximate surface area is 152 Å². The number of nitrogens with one attached hydrogen (secondary N) is 1. The first-order valence-corrected chi connectivity index (χ1v) is 8.55. The summed E-state index contributed by atoms with van der Waals surface area (Å²) >= 11 is 12.0. The molecule has 0 radical (unpaired) electrons. The van der Waals surface area contributed by atoms with E-state index in [2.05, 4.69) is 22.3 Å². The van der Waals surface area contributed by atoms with E-state index in [1.807, 2.05) is 18.2 Å². The van der Waals surface area contributed by atoms with Crippen molar-refractivity contribution in [3.8, 4) is 0 Å². The van der Waals surface area contributed by atoms with Crippen LogP contribution in [0.1, 0.15) is 12.0 Å². The van der Waals surface area contributed by atoms with Gasteiger partial charge in [-0.15, -0.1) is 0 Å². The summed E-state index contributed by atoms with van der Waals surface area (Å²) in [7, 11) is 0. The fraction of sp³-hybridized carbons (Fsp3) is 0.278. The van der Waals surface area contributed by atoms with E-state index >= 15 is 0 Å². The number of rotatable bonds is 8. The lowest BCUT2D eigenvalue weighted by Gasteiger charge is -2.21. The van der Waals surface area contributed by atoms with E-state index in [-0.39, 0.29) is 5.91 Å². The first-order valence-electron chi connectivity index (χ1n) is 7.79. The van der Waals surface area contributed by atoms with Gasteiger partial charge >= 0.3 is 0 Å². The highest BCUT2D eigenvalue weighted by atomic mass is 35.5. The summed E-state index contributed by atoms with van der Waals surface area (Å²) in [5.41, 5.74) is 7.40. The standard InChI is InChI=1S/C18H21Cl2N3O/c19-15-6-7-16(20)17(12-15)22-18(24)8-10-23(11-9-21)13-14-4-2-1-3-5-14/h1-7,12H,8-11,13,21H2,(H,22,24). The molecule has 0 aliphatic carbocycles. The van der Waals surface area contributed by atoms with Crippen LogP contribution in [0.3, 0.4) is 0 Å². The summed E-state index contributed by atoms with van der Waals surface area (Å²) < 4.78 is 0. The molecule has 0 saturated carbocycles. The maximum Gasteiger partial charge on any atom is 0.225 e. The van der Waals surface area contributed by atoms with Gasteiger partial charge in [0.1, 0.15) is 0 Å². The molecule has 6 heteroatoms. The van der Waals surface area contributed by atoms with Gasteiger partial charge in [-0.05, 0) is 23.8 Å². The monoisotopic (exact) mass is 365 g/mol. The molecule has 24 heavy (non-hydrogen) atoms. The van der Waals surface area contributed by atoms with Crippen molar-refractivity contribution in [1.82, 2.24) is 4.90 Å². The highest BCUT2D eigenvalue weighted by Crippen LogP contribution is 2.25. The topological polar surface area (TPSA) is 58.4 Å². The second kappa shape index (κ2) is 9.64. The number of anilines is 1. The second-order valence-electron chi connectivity index (χ2n) is 5.47. The van der Waals surface area contributed by atoms with E-state index in [4.69, 9.17) is 28.9 Å². The van der Waals surface area contributed by atoms with Crippen molar-refractivity contribution in [3.63, 3.8) is 0 Å². The predicted octanol–water partition coefficient (Wildman–Crippen LogP) is 3.78. The number of hydrogen-bond acceptors (Lipinski definition) is 3. The van der Waals surface area contributed by atoms with E-state index in [0.29, 0.717) is 35.2 Å². The fourth-order valence-corrected chi connectivity index (χ4v) is 2.70. The molecule has 2 rings (SSSR count). The number of carbonyl (C=O) groups excluding carboxylic acids is 1. The minimum Gasteiger partial charge on any atom is -0.329 e. The van der Waals surface area contributed by atoms with Gasteiger partial charge in [-0.2, -0.15) is 0 Å². The van der Waals surface area contributed by atoms with Gasteiger partial charge < -0.3 is 11.1 Å². The number of amides is 1. The van der Waals surface area contributed by atoms with Crippen molar-refractivity contribution in [2.24, 2.45) is 5.73 Å². The average Bonchev–Trinajstić information content (AvgIpc) is 2.57. The van der Waals surface area contributed by atoms with Crippen molar-refractivity contribution in [2.75, 3.05) is 25.0 Å². The molecule has 0 aliphatic rings. The molecule has 2 aromatic carbocycles. The van der Waals surface area contributed by atoms with Gasteiger partial charge in [-0.3, -0.25) is 9.69 Å². The number of carbonyl (C=O) groups is 1. The molecule has 1 amide bonds. The molecule has 0 aliphatic heterocycles. The number of benzene rings is 2. The Morgan fingerprint density at radius 2 is 1.83 bits per heavy atom. The Bertz CT molecular complexity index is 665. The predicted molar refractivity (Wildman–Crippen MR) is 100 cm³/mol. The maximum absolute atomic E-state index is 12.2. The zero-order valence-corrected chi connectivity index (χ0v) is 14.9. The van der Waals surface area contributed by atoms with Gasteiger partial charge in [0.2, 0.25) is 5.91 Å². The van der Waals surface area contributed by atoms with Crippen molar-refractivity contribution in [1.29, 1.82) is 0 Å². The molecule has 0 atom stereocenters. The third-order valence-corrected chi connectivity index (χ3v) is 4.12. The Morgan fingerprint density at radius 3 is 2.54 bits per heavy atom. The smallest absolute Gasteiger partial charge is 0.225 e. The first kappa shape index (κ1) is 18.7. The molecular weight excluding hydrogens is 345 g/mol. The molecule has 0 unspecified atom stereocenters. The van der Waals surface area contributed by atoms with E-state index in [9.17, 15) is 4.79 Å². The Kier molecular flexibility index (Phi) is 7.53. The molecule has 0 heterocycles. The van der Waals surface area contributed by atoms with Crippen LogP contribution in [0.4, 0.5) is 5.69 Å². The van der Waals surface area contributed by atoms with E-state index in [0.717, 1.165) is 13.1 Å². The third-order valence-electron chi connectivity index (χ3n) is 3.55. The molecule has 128 valence electrons. The second-order valence-corrected chi connectivity index (χ2v) is 6.32. The molecule has 0 aromatic heterocycles. The summed E-state index contributed by atoms with van der Waals surface area (Å²) in [5, 5.41) is 3.80. The van der Waals surface area contributed by atoms with Gasteiger partial charge in [0, 0.05) is 37.6 Å². The van der Waals surface area contributed by atoms with Crippen molar-refractivity contribution < 1.29 is 4.79 Å². The molecule has 0 spiro atoms. The van der Waals surface area contributed by atoms with Crippen LogP contribution in [0, 0.1) is 0 Å². The van der Waals surface area contributed by atoms with E-state index in [1.165, 1.54) is 5.56 Å². The van der Waals surface area contributed by atoms with Crippen molar-refractivity contribution >= 4 is 34.8 Å². The number of hydrogen-bond donors (Lipinski definition) is 2. The zero-order chi connectivity index (χ0) is 17.4. The van der Waals surface area contributed by atoms with Gasteiger partial charge in [-0.25, -0.2) is 0 Å². The van der Waals surface area contributed by atoms with E-state index < -0.39 is 0 Å². The average molecular weight is 366 g/mol. The SMILES string of the molecule is NCCN(CCC(=O)Nc1cc(Cl)ccc1Cl)Cc1ccccc1. The molecular formula is C18H21Cl2N3O. The Balaban J connectivity index is 1.88. The summed E-state index contributed by atoms with van der Waals surface area (Å²) in [6.45, 7) is 2.67. The van der Waals surface area contributed by atoms with Gasteiger partial charge in [-0.1, -0.05) is 53.5 Å². The zero-order valence-electron chi connectivity index (χ0n) is 13.3. The number of nitrogens with two attached hydrogens (primary N) is 1. The molecule has 2 aromatic rings. The minimum absolute atomic E-state index is 0.103. The van der Waals surface area contributed by atoms with Crippen LogP contribution < -0.4 is 11.1 Å². The Morgan fingerprint density at radius 1 is 1.08 bits per heavy atom. The lowest BCUT2D eigenvalue weighted by atomic mass is 10.2. The largest absolute Gasteiger partial charge is 0.329 e. The molecule has 3 N–H and O–H groups in total. The van der Waals surface area contributed by atoms with Gasteiger partial charge in [0.05, 0.1) is 10.7 Å². The Hall–Kier alpha value is -1.59. The lowest BCUT2D eigenvalue weighted by molar-refractivity contribution is -0.116. The summed E-state index contributed by atoms with van der Waals surface area (Å²) in [4.78, 5) is 14.3. The lowest BCUT2D eigenvalue weighted by Crippen LogP contribution is -2.32. The highest BCUT2D eigenvalue weighted by molar-refractivity contribution is 6.35. The molecule has 0 bridgehead atoms. The van der Waals surface area contributed by atoms with Crippen LogP contribution in [0.15, 0.2) is 48.5 Å². The third kappa shape index (κ3) is 6.13. The van der Waals surface area contributed by atoms with Crippen LogP contribution in [0.25, 0.3) is 0 Å². The van der Waals surface area contributed by atoms with Crippen molar-refractivity contribution in [3.05, 3.63) is 64.1 Å². The fourth-order valence-electron chi connectivity index (χ4n) is 2.36. The van der Waals surface area contributed by atoms with Crippen LogP contribution in [0.2, 0.25) is 10.0 Å². The number of halogens is 2. The number of nitrogens with zero attached hydrogens (tertiary/aromatic N) is 1. The summed E-state index contributed by atoms with van der Waals surface area (Å²) in [6, 6.07) is 15.1. The first-order chi connectivity index (χ1) is 11.6. The molecule has 0 fully saturated rings. The summed E-state index contributed by atoms with van der Waals surface area (Å²) in [6.07, 6.45) is 0.357. The highest BCUT2D eigenvalue weighted by Gasteiger charge is 2.10.